The van der Waals surface area contributed by atoms with Crippen molar-refractivity contribution in [2.24, 2.45) is 7.05 Å². The standard InChI is InChI=1S/C13H16ClN5O2/c1-17(2)13-16-8-10(18(13)3)7-15-9-4-5-12(19(20)21)11(14)6-9/h4-6,8,15H,7H2,1-3H3. The summed E-state index contributed by atoms with van der Waals surface area (Å²) in [5.41, 5.74) is 1.61. The normalized spacial score (nSPS) is 10.5. The molecule has 8 heteroatoms. The quantitative estimate of drug-likeness (QED) is 0.679. The van der Waals surface area contributed by atoms with E-state index in [4.69, 9.17) is 11.6 Å². The van der Waals surface area contributed by atoms with E-state index in [2.05, 4.69) is 10.3 Å². The maximum Gasteiger partial charge on any atom is 0.288 e. The van der Waals surface area contributed by atoms with Gasteiger partial charge in [-0.25, -0.2) is 4.98 Å². The van der Waals surface area contributed by atoms with Gasteiger partial charge in [-0.15, -0.1) is 0 Å². The fraction of sp³-hybridized carbons (Fsp3) is 0.308. The van der Waals surface area contributed by atoms with Crippen molar-refractivity contribution in [1.29, 1.82) is 0 Å². The Kier molecular flexibility index (Phi) is 4.32. The van der Waals surface area contributed by atoms with Crippen molar-refractivity contribution in [1.82, 2.24) is 9.55 Å². The highest BCUT2D eigenvalue weighted by Gasteiger charge is 2.12. The number of nitrogens with zero attached hydrogens (tertiary/aromatic N) is 4. The van der Waals surface area contributed by atoms with Crippen LogP contribution >= 0.6 is 11.6 Å². The van der Waals surface area contributed by atoms with Gasteiger partial charge in [0.25, 0.3) is 5.69 Å². The largest absolute Gasteiger partial charge is 0.379 e. The van der Waals surface area contributed by atoms with Gasteiger partial charge in [-0.3, -0.25) is 10.1 Å². The summed E-state index contributed by atoms with van der Waals surface area (Å²) in [7, 11) is 5.79. The van der Waals surface area contributed by atoms with Crippen LogP contribution in [0, 0.1) is 10.1 Å². The molecule has 112 valence electrons. The second-order valence-electron chi connectivity index (χ2n) is 4.78. The van der Waals surface area contributed by atoms with Gasteiger partial charge in [0, 0.05) is 32.9 Å². The molecule has 0 unspecified atom stereocenters. The molecule has 0 aliphatic heterocycles. The molecule has 2 aromatic rings. The van der Waals surface area contributed by atoms with Gasteiger partial charge in [0.05, 0.1) is 23.4 Å². The number of benzene rings is 1. The van der Waals surface area contributed by atoms with Crippen LogP contribution in [0.4, 0.5) is 17.3 Å². The Morgan fingerprint density at radius 1 is 1.48 bits per heavy atom. The van der Waals surface area contributed by atoms with Gasteiger partial charge >= 0.3 is 0 Å². The molecule has 0 spiro atoms. The zero-order valence-electron chi connectivity index (χ0n) is 12.0. The van der Waals surface area contributed by atoms with Gasteiger partial charge in [0.2, 0.25) is 5.95 Å². The molecule has 1 heterocycles. The van der Waals surface area contributed by atoms with Crippen molar-refractivity contribution in [2.45, 2.75) is 6.54 Å². The van der Waals surface area contributed by atoms with E-state index < -0.39 is 4.92 Å². The number of hydrogen-bond donors (Lipinski definition) is 1. The molecule has 1 aromatic carbocycles. The summed E-state index contributed by atoms with van der Waals surface area (Å²) in [5.74, 6) is 0.855. The number of nitrogens with one attached hydrogen (secondary N) is 1. The lowest BCUT2D eigenvalue weighted by Gasteiger charge is -2.13. The summed E-state index contributed by atoms with van der Waals surface area (Å²) < 4.78 is 1.97. The van der Waals surface area contributed by atoms with Crippen LogP contribution in [-0.2, 0) is 13.6 Å². The second kappa shape index (κ2) is 6.01. The zero-order chi connectivity index (χ0) is 15.6. The number of nitro groups is 1. The first kappa shape index (κ1) is 15.1. The van der Waals surface area contributed by atoms with Gasteiger partial charge in [-0.2, -0.15) is 0 Å². The predicted octanol–water partition coefficient (Wildman–Crippen LogP) is 2.66. The van der Waals surface area contributed by atoms with E-state index in [0.717, 1.165) is 17.3 Å². The Morgan fingerprint density at radius 3 is 2.71 bits per heavy atom. The average Bonchev–Trinajstić information content (AvgIpc) is 2.77. The van der Waals surface area contributed by atoms with Crippen LogP contribution in [0.3, 0.4) is 0 Å². The van der Waals surface area contributed by atoms with Crippen LogP contribution in [-0.4, -0.2) is 28.6 Å². The topological polar surface area (TPSA) is 76.2 Å². The zero-order valence-corrected chi connectivity index (χ0v) is 12.8. The first-order valence-corrected chi connectivity index (χ1v) is 6.63. The van der Waals surface area contributed by atoms with E-state index in [1.54, 1.807) is 18.3 Å². The number of aromatic nitrogens is 2. The number of rotatable bonds is 5. The lowest BCUT2D eigenvalue weighted by molar-refractivity contribution is -0.384. The first-order chi connectivity index (χ1) is 9.90. The molecule has 0 amide bonds. The number of imidazole rings is 1. The average molecular weight is 310 g/mol. The molecule has 0 saturated heterocycles. The Bertz CT molecular complexity index is 669. The van der Waals surface area contributed by atoms with Crippen molar-refractivity contribution >= 4 is 28.9 Å². The van der Waals surface area contributed by atoms with Crippen molar-refractivity contribution in [2.75, 3.05) is 24.3 Å². The molecule has 7 nitrogen and oxygen atoms in total. The molecule has 2 rings (SSSR count). The third kappa shape index (κ3) is 3.25. The lowest BCUT2D eigenvalue weighted by Crippen LogP contribution is -2.15. The van der Waals surface area contributed by atoms with Crippen molar-refractivity contribution in [3.8, 4) is 0 Å². The molecular weight excluding hydrogens is 294 g/mol. The molecule has 0 fully saturated rings. The molecule has 0 bridgehead atoms. The molecular formula is C13H16ClN5O2. The van der Waals surface area contributed by atoms with Crippen LogP contribution in [0.5, 0.6) is 0 Å². The molecule has 0 atom stereocenters. The first-order valence-electron chi connectivity index (χ1n) is 6.26. The fourth-order valence-electron chi connectivity index (χ4n) is 1.97. The smallest absolute Gasteiger partial charge is 0.288 e. The molecule has 1 aromatic heterocycles. The van der Waals surface area contributed by atoms with E-state index in [1.807, 2.05) is 30.6 Å². The maximum absolute atomic E-state index is 10.7. The Balaban J connectivity index is 2.10. The molecule has 0 radical (unpaired) electrons. The minimum absolute atomic E-state index is 0.0994. The lowest BCUT2D eigenvalue weighted by atomic mass is 10.3. The second-order valence-corrected chi connectivity index (χ2v) is 5.19. The van der Waals surface area contributed by atoms with Crippen LogP contribution in [0.2, 0.25) is 5.02 Å². The van der Waals surface area contributed by atoms with Crippen LogP contribution in [0.25, 0.3) is 0 Å². The van der Waals surface area contributed by atoms with E-state index in [-0.39, 0.29) is 10.7 Å². The fourth-order valence-corrected chi connectivity index (χ4v) is 2.22. The van der Waals surface area contributed by atoms with E-state index in [1.165, 1.54) is 6.07 Å². The molecule has 1 N–H and O–H groups in total. The molecule has 0 aliphatic carbocycles. The van der Waals surface area contributed by atoms with E-state index >= 15 is 0 Å². The van der Waals surface area contributed by atoms with Crippen molar-refractivity contribution in [3.05, 3.63) is 45.2 Å². The van der Waals surface area contributed by atoms with Gasteiger partial charge in [-0.1, -0.05) is 11.6 Å². The number of halogens is 1. The van der Waals surface area contributed by atoms with Gasteiger partial charge in [0.1, 0.15) is 5.02 Å². The van der Waals surface area contributed by atoms with Crippen LogP contribution in [0.1, 0.15) is 5.69 Å². The summed E-state index contributed by atoms with van der Waals surface area (Å²) in [6.07, 6.45) is 1.79. The SMILES string of the molecule is CN(C)c1ncc(CNc2ccc([N+](=O)[O-])c(Cl)c2)n1C. The highest BCUT2D eigenvalue weighted by molar-refractivity contribution is 6.32. The summed E-state index contributed by atoms with van der Waals surface area (Å²) >= 11 is 5.88. The Labute approximate surface area is 127 Å². The minimum atomic E-state index is -0.503. The third-order valence-corrected chi connectivity index (χ3v) is 3.38. The molecule has 0 saturated carbocycles. The van der Waals surface area contributed by atoms with Crippen LogP contribution in [0.15, 0.2) is 24.4 Å². The highest BCUT2D eigenvalue weighted by Crippen LogP contribution is 2.27. The molecule has 21 heavy (non-hydrogen) atoms. The van der Waals surface area contributed by atoms with E-state index in [9.17, 15) is 10.1 Å². The van der Waals surface area contributed by atoms with Gasteiger partial charge < -0.3 is 14.8 Å². The van der Waals surface area contributed by atoms with Crippen molar-refractivity contribution in [3.63, 3.8) is 0 Å². The Hall–Kier alpha value is -2.28. The summed E-state index contributed by atoms with van der Waals surface area (Å²) in [6.45, 7) is 0.547. The monoisotopic (exact) mass is 309 g/mol. The third-order valence-electron chi connectivity index (χ3n) is 3.08. The van der Waals surface area contributed by atoms with E-state index in [0.29, 0.717) is 6.54 Å². The maximum atomic E-state index is 10.7. The predicted molar refractivity (Wildman–Crippen MR) is 83.0 cm³/mol. The summed E-state index contributed by atoms with van der Waals surface area (Å²) in [4.78, 5) is 16.4. The van der Waals surface area contributed by atoms with Crippen molar-refractivity contribution < 1.29 is 4.92 Å². The summed E-state index contributed by atoms with van der Waals surface area (Å²) in [5, 5.41) is 14.0. The highest BCUT2D eigenvalue weighted by atomic mass is 35.5. The van der Waals surface area contributed by atoms with Gasteiger partial charge in [0.15, 0.2) is 0 Å². The number of hydrogen-bond acceptors (Lipinski definition) is 5. The molecule has 0 aliphatic rings. The Morgan fingerprint density at radius 2 is 2.19 bits per heavy atom. The van der Waals surface area contributed by atoms with Gasteiger partial charge in [-0.05, 0) is 12.1 Å². The summed E-state index contributed by atoms with van der Waals surface area (Å²) in [6, 6.07) is 4.56. The minimum Gasteiger partial charge on any atom is -0.379 e. The van der Waals surface area contributed by atoms with Crippen LogP contribution < -0.4 is 10.2 Å². The number of anilines is 2. The number of nitro benzene ring substituents is 1.